The average molecular weight is 489 g/mol. The topological polar surface area (TPSA) is 30.5 Å². The summed E-state index contributed by atoms with van der Waals surface area (Å²) in [6.45, 7) is 6.98. The maximum absolute atomic E-state index is 6.09. The third-order valence-electron chi connectivity index (χ3n) is 4.27. The second-order valence-electron chi connectivity index (χ2n) is 6.61. The molecule has 0 saturated heterocycles. The second-order valence-corrected chi connectivity index (χ2v) is 8.28. The van der Waals surface area contributed by atoms with Crippen LogP contribution >= 0.6 is 39.1 Å². The Labute approximate surface area is 186 Å². The number of hydrogen-bond acceptors (Lipinski definition) is 3. The van der Waals surface area contributed by atoms with Gasteiger partial charge in [0.05, 0.1) is 21.1 Å². The molecular weight excluding hydrogens is 461 g/mol. The number of nitrogens with one attached hydrogen (secondary N) is 1. The quantitative estimate of drug-likeness (QED) is 0.315. The van der Waals surface area contributed by atoms with Crippen LogP contribution in [0.1, 0.15) is 50.7 Å². The minimum Gasteiger partial charge on any atom is -0.490 e. The first-order valence-corrected chi connectivity index (χ1v) is 11.3. The van der Waals surface area contributed by atoms with Crippen LogP contribution in [0.2, 0.25) is 10.0 Å². The van der Waals surface area contributed by atoms with Gasteiger partial charge in [0.1, 0.15) is 6.61 Å². The van der Waals surface area contributed by atoms with Gasteiger partial charge in [0.15, 0.2) is 11.5 Å². The van der Waals surface area contributed by atoms with E-state index in [2.05, 4.69) is 34.2 Å². The van der Waals surface area contributed by atoms with Crippen LogP contribution in [0.15, 0.2) is 34.8 Å². The predicted octanol–water partition coefficient (Wildman–Crippen LogP) is 7.40. The van der Waals surface area contributed by atoms with E-state index in [9.17, 15) is 0 Å². The van der Waals surface area contributed by atoms with Gasteiger partial charge in [0, 0.05) is 6.54 Å². The fourth-order valence-electron chi connectivity index (χ4n) is 2.82. The van der Waals surface area contributed by atoms with E-state index in [1.165, 1.54) is 25.7 Å². The highest BCUT2D eigenvalue weighted by Gasteiger charge is 2.13. The molecule has 28 heavy (non-hydrogen) atoms. The van der Waals surface area contributed by atoms with Crippen LogP contribution < -0.4 is 14.8 Å². The van der Waals surface area contributed by atoms with Gasteiger partial charge < -0.3 is 14.8 Å². The molecule has 2 aromatic carbocycles. The van der Waals surface area contributed by atoms with Crippen LogP contribution in [-0.2, 0) is 13.2 Å². The molecule has 0 aliphatic heterocycles. The van der Waals surface area contributed by atoms with Crippen LogP contribution in [0.5, 0.6) is 11.5 Å². The third kappa shape index (κ3) is 7.47. The fraction of sp³-hybridized carbons (Fsp3) is 0.455. The molecule has 0 aromatic heterocycles. The molecule has 2 aromatic rings. The highest BCUT2D eigenvalue weighted by atomic mass is 79.9. The van der Waals surface area contributed by atoms with Crippen molar-refractivity contribution in [1.82, 2.24) is 5.32 Å². The Morgan fingerprint density at radius 1 is 0.929 bits per heavy atom. The molecule has 0 aliphatic rings. The zero-order chi connectivity index (χ0) is 20.4. The number of rotatable bonds is 12. The number of hydrogen-bond donors (Lipinski definition) is 1. The molecule has 0 aliphatic carbocycles. The Bertz CT molecular complexity index is 756. The van der Waals surface area contributed by atoms with E-state index in [-0.39, 0.29) is 0 Å². The molecule has 0 bridgehead atoms. The maximum atomic E-state index is 6.09. The first-order valence-electron chi connectivity index (χ1n) is 9.77. The second kappa shape index (κ2) is 12.6. The molecule has 0 unspecified atom stereocenters. The Balaban J connectivity index is 2.01. The van der Waals surface area contributed by atoms with E-state index in [1.54, 1.807) is 6.07 Å². The van der Waals surface area contributed by atoms with Gasteiger partial charge in [-0.2, -0.15) is 0 Å². The van der Waals surface area contributed by atoms with Crippen LogP contribution in [0, 0.1) is 0 Å². The Morgan fingerprint density at radius 3 is 2.46 bits per heavy atom. The number of ether oxygens (including phenoxy) is 2. The van der Waals surface area contributed by atoms with Crippen molar-refractivity contribution in [3.8, 4) is 11.5 Å². The minimum atomic E-state index is 0.380. The third-order valence-corrected chi connectivity index (χ3v) is 5.60. The maximum Gasteiger partial charge on any atom is 0.175 e. The molecule has 0 amide bonds. The molecule has 3 nitrogen and oxygen atoms in total. The monoisotopic (exact) mass is 487 g/mol. The van der Waals surface area contributed by atoms with Gasteiger partial charge in [-0.15, -0.1) is 0 Å². The highest BCUT2D eigenvalue weighted by molar-refractivity contribution is 9.10. The minimum absolute atomic E-state index is 0.380. The van der Waals surface area contributed by atoms with Crippen molar-refractivity contribution in [1.29, 1.82) is 0 Å². The summed E-state index contributed by atoms with van der Waals surface area (Å²) in [7, 11) is 0. The largest absolute Gasteiger partial charge is 0.490 e. The summed E-state index contributed by atoms with van der Waals surface area (Å²) in [6.07, 6.45) is 5.04. The van der Waals surface area contributed by atoms with Gasteiger partial charge in [0.2, 0.25) is 0 Å². The summed E-state index contributed by atoms with van der Waals surface area (Å²) < 4.78 is 12.7. The van der Waals surface area contributed by atoms with Crippen molar-refractivity contribution >= 4 is 39.1 Å². The standard InChI is InChI=1S/C22H28BrCl2NO2/c1-3-5-6-7-10-26-14-17-11-18(23)22(21(13-17)27-4-2)28-15-16-8-9-19(24)20(25)12-16/h8-9,11-13,26H,3-7,10,14-15H2,1-2H3. The van der Waals surface area contributed by atoms with E-state index >= 15 is 0 Å². The van der Waals surface area contributed by atoms with E-state index in [1.807, 2.05) is 25.1 Å². The van der Waals surface area contributed by atoms with E-state index in [0.717, 1.165) is 34.4 Å². The summed E-state index contributed by atoms with van der Waals surface area (Å²) in [5, 5.41) is 4.56. The SMILES string of the molecule is CCCCCCNCc1cc(Br)c(OCc2ccc(Cl)c(Cl)c2)c(OCC)c1. The number of halogens is 3. The van der Waals surface area contributed by atoms with Crippen LogP contribution in [0.25, 0.3) is 0 Å². The van der Waals surface area contributed by atoms with Crippen LogP contribution in [0.4, 0.5) is 0 Å². The number of benzene rings is 2. The van der Waals surface area contributed by atoms with Crippen molar-refractivity contribution in [2.45, 2.75) is 52.7 Å². The smallest absolute Gasteiger partial charge is 0.175 e. The summed E-state index contributed by atoms with van der Waals surface area (Å²) in [4.78, 5) is 0. The van der Waals surface area contributed by atoms with Crippen molar-refractivity contribution in [2.75, 3.05) is 13.2 Å². The van der Waals surface area contributed by atoms with Crippen LogP contribution in [0.3, 0.4) is 0 Å². The molecule has 1 N–H and O–H groups in total. The van der Waals surface area contributed by atoms with Gasteiger partial charge in [-0.1, -0.05) is 55.5 Å². The number of unbranched alkanes of at least 4 members (excludes halogenated alkanes) is 3. The van der Waals surface area contributed by atoms with E-state index in [0.29, 0.717) is 29.0 Å². The lowest BCUT2D eigenvalue weighted by atomic mass is 10.1. The van der Waals surface area contributed by atoms with Crippen LogP contribution in [-0.4, -0.2) is 13.2 Å². The van der Waals surface area contributed by atoms with Crippen molar-refractivity contribution < 1.29 is 9.47 Å². The van der Waals surface area contributed by atoms with Crippen molar-refractivity contribution in [2.24, 2.45) is 0 Å². The molecule has 0 radical (unpaired) electrons. The molecule has 0 spiro atoms. The first-order chi connectivity index (χ1) is 13.5. The fourth-order valence-corrected chi connectivity index (χ4v) is 3.75. The van der Waals surface area contributed by atoms with Gasteiger partial charge in [0.25, 0.3) is 0 Å². The lowest BCUT2D eigenvalue weighted by Crippen LogP contribution is -2.15. The van der Waals surface area contributed by atoms with Gasteiger partial charge in [-0.25, -0.2) is 0 Å². The highest BCUT2D eigenvalue weighted by Crippen LogP contribution is 2.37. The molecular formula is C22H28BrCl2NO2. The van der Waals surface area contributed by atoms with Gasteiger partial charge in [-0.3, -0.25) is 0 Å². The molecule has 2 rings (SSSR count). The zero-order valence-corrected chi connectivity index (χ0v) is 19.6. The molecule has 0 fully saturated rings. The molecule has 6 heteroatoms. The van der Waals surface area contributed by atoms with Gasteiger partial charge in [-0.05, 0) is 71.2 Å². The lowest BCUT2D eigenvalue weighted by Gasteiger charge is -2.16. The predicted molar refractivity (Wildman–Crippen MR) is 122 cm³/mol. The summed E-state index contributed by atoms with van der Waals surface area (Å²) in [6, 6.07) is 9.61. The lowest BCUT2D eigenvalue weighted by molar-refractivity contribution is 0.267. The van der Waals surface area contributed by atoms with Crippen molar-refractivity contribution in [3.63, 3.8) is 0 Å². The average Bonchev–Trinajstić information content (AvgIpc) is 2.67. The molecule has 154 valence electrons. The molecule has 0 atom stereocenters. The summed E-state index contributed by atoms with van der Waals surface area (Å²) in [5.74, 6) is 1.43. The summed E-state index contributed by atoms with van der Waals surface area (Å²) in [5.41, 5.74) is 2.11. The Kier molecular flexibility index (Phi) is 10.5. The van der Waals surface area contributed by atoms with E-state index < -0.39 is 0 Å². The van der Waals surface area contributed by atoms with E-state index in [4.69, 9.17) is 32.7 Å². The van der Waals surface area contributed by atoms with Crippen molar-refractivity contribution in [3.05, 3.63) is 56.0 Å². The summed E-state index contributed by atoms with van der Waals surface area (Å²) >= 11 is 15.7. The Hall–Kier alpha value is -0.940. The first kappa shape index (κ1) is 23.3. The molecule has 0 saturated carbocycles. The molecule has 0 heterocycles. The Morgan fingerprint density at radius 2 is 1.75 bits per heavy atom. The zero-order valence-electron chi connectivity index (χ0n) is 16.5. The normalized spacial score (nSPS) is 10.9. The van der Waals surface area contributed by atoms with Gasteiger partial charge >= 0.3 is 0 Å².